The molecule has 2 aromatic carbocycles. The minimum Gasteiger partial charge on any atom is -0.485 e. The van der Waals surface area contributed by atoms with E-state index in [1.807, 2.05) is 48.5 Å². The Labute approximate surface area is 113 Å². The maximum atomic E-state index is 5.97. The van der Waals surface area contributed by atoms with Crippen LogP contribution < -0.4 is 4.74 Å². The molecule has 0 saturated carbocycles. The van der Waals surface area contributed by atoms with E-state index in [2.05, 4.69) is 18.7 Å². The molecule has 0 aliphatic rings. The Bertz CT molecular complexity index is 508. The number of hydrogen-bond acceptors (Lipinski definition) is 1. The van der Waals surface area contributed by atoms with Crippen molar-refractivity contribution < 1.29 is 4.74 Å². The Hall–Kier alpha value is -1.73. The average molecular weight is 259 g/mol. The highest BCUT2D eigenvalue weighted by atomic mass is 35.5. The van der Waals surface area contributed by atoms with E-state index < -0.39 is 0 Å². The molecule has 0 radical (unpaired) electrons. The van der Waals surface area contributed by atoms with Crippen molar-refractivity contribution >= 4 is 11.6 Å². The molecule has 92 valence electrons. The number of hydrogen-bond donors (Lipinski definition) is 0. The van der Waals surface area contributed by atoms with Crippen LogP contribution in [0.2, 0.25) is 5.02 Å². The van der Waals surface area contributed by atoms with Crippen molar-refractivity contribution in [2.24, 2.45) is 0 Å². The highest BCUT2D eigenvalue weighted by molar-refractivity contribution is 6.30. The zero-order valence-electron chi connectivity index (χ0n) is 10.1. The van der Waals surface area contributed by atoms with Crippen molar-refractivity contribution in [2.45, 2.75) is 12.5 Å². The monoisotopic (exact) mass is 258 g/mol. The van der Waals surface area contributed by atoms with Crippen LogP contribution in [-0.4, -0.2) is 0 Å². The first-order chi connectivity index (χ1) is 8.79. The summed E-state index contributed by atoms with van der Waals surface area (Å²) in [4.78, 5) is 0. The van der Waals surface area contributed by atoms with Gasteiger partial charge in [-0.3, -0.25) is 0 Å². The van der Waals surface area contributed by atoms with Gasteiger partial charge >= 0.3 is 0 Å². The summed E-state index contributed by atoms with van der Waals surface area (Å²) in [5, 5.41) is 0.679. The lowest BCUT2D eigenvalue weighted by Gasteiger charge is -2.18. The van der Waals surface area contributed by atoms with Crippen LogP contribution in [0, 0.1) is 0 Å². The summed E-state index contributed by atoms with van der Waals surface area (Å²) in [6, 6.07) is 17.6. The smallest absolute Gasteiger partial charge is 0.127 e. The standard InChI is InChI=1S/C16H15ClO/c1-2-7-16(13-8-4-3-5-9-13)18-15-11-6-10-14(17)12-15/h2-6,8-12,16H,1,7H2. The van der Waals surface area contributed by atoms with E-state index in [0.29, 0.717) is 5.02 Å². The largest absolute Gasteiger partial charge is 0.485 e. The highest BCUT2D eigenvalue weighted by Crippen LogP contribution is 2.26. The molecule has 0 aromatic heterocycles. The minimum absolute atomic E-state index is 0.0258. The number of halogens is 1. The van der Waals surface area contributed by atoms with Crippen molar-refractivity contribution in [3.63, 3.8) is 0 Å². The quantitative estimate of drug-likeness (QED) is 0.683. The van der Waals surface area contributed by atoms with Crippen molar-refractivity contribution in [1.82, 2.24) is 0 Å². The first-order valence-electron chi connectivity index (χ1n) is 5.87. The summed E-state index contributed by atoms with van der Waals surface area (Å²) in [5.41, 5.74) is 1.14. The lowest BCUT2D eigenvalue weighted by Crippen LogP contribution is -2.06. The van der Waals surface area contributed by atoms with Crippen molar-refractivity contribution in [3.8, 4) is 5.75 Å². The lowest BCUT2D eigenvalue weighted by molar-refractivity contribution is 0.209. The van der Waals surface area contributed by atoms with E-state index in [-0.39, 0.29) is 6.10 Å². The molecule has 0 aliphatic heterocycles. The lowest BCUT2D eigenvalue weighted by atomic mass is 10.1. The van der Waals surface area contributed by atoms with Gasteiger partial charge in [-0.05, 0) is 23.8 Å². The van der Waals surface area contributed by atoms with Crippen LogP contribution in [0.4, 0.5) is 0 Å². The van der Waals surface area contributed by atoms with Gasteiger partial charge in [-0.1, -0.05) is 54.1 Å². The van der Waals surface area contributed by atoms with Crippen molar-refractivity contribution in [2.75, 3.05) is 0 Å². The van der Waals surface area contributed by atoms with Crippen LogP contribution in [0.1, 0.15) is 18.1 Å². The molecule has 0 N–H and O–H groups in total. The second kappa shape index (κ2) is 6.27. The van der Waals surface area contributed by atoms with E-state index in [1.165, 1.54) is 0 Å². The fourth-order valence-corrected chi connectivity index (χ4v) is 1.96. The van der Waals surface area contributed by atoms with Gasteiger partial charge in [0.15, 0.2) is 0 Å². The van der Waals surface area contributed by atoms with Gasteiger partial charge in [0.2, 0.25) is 0 Å². The van der Waals surface area contributed by atoms with Crippen LogP contribution in [0.5, 0.6) is 5.75 Å². The average Bonchev–Trinajstić information content (AvgIpc) is 2.39. The summed E-state index contributed by atoms with van der Waals surface area (Å²) in [5.74, 6) is 0.776. The Morgan fingerprint density at radius 1 is 1.11 bits per heavy atom. The highest BCUT2D eigenvalue weighted by Gasteiger charge is 2.11. The fraction of sp³-hybridized carbons (Fsp3) is 0.125. The molecule has 0 amide bonds. The van der Waals surface area contributed by atoms with Crippen LogP contribution >= 0.6 is 11.6 Å². The molecule has 18 heavy (non-hydrogen) atoms. The van der Waals surface area contributed by atoms with E-state index in [1.54, 1.807) is 0 Å². The van der Waals surface area contributed by atoms with Crippen molar-refractivity contribution in [1.29, 1.82) is 0 Å². The van der Waals surface area contributed by atoms with Gasteiger partial charge in [0, 0.05) is 11.4 Å². The van der Waals surface area contributed by atoms with Gasteiger partial charge in [-0.15, -0.1) is 6.58 Å². The molecule has 0 bridgehead atoms. The summed E-state index contributed by atoms with van der Waals surface area (Å²) in [6.07, 6.45) is 2.60. The number of benzene rings is 2. The fourth-order valence-electron chi connectivity index (χ4n) is 1.78. The first kappa shape index (κ1) is 12.7. The van der Waals surface area contributed by atoms with E-state index >= 15 is 0 Å². The van der Waals surface area contributed by atoms with E-state index in [0.717, 1.165) is 17.7 Å². The molecule has 2 aromatic rings. The Morgan fingerprint density at radius 3 is 2.56 bits per heavy atom. The maximum absolute atomic E-state index is 5.97. The van der Waals surface area contributed by atoms with Gasteiger partial charge in [0.05, 0.1) is 0 Å². The molecule has 0 aliphatic carbocycles. The summed E-state index contributed by atoms with van der Waals surface area (Å²) in [7, 11) is 0. The first-order valence-corrected chi connectivity index (χ1v) is 6.25. The summed E-state index contributed by atoms with van der Waals surface area (Å²) in [6.45, 7) is 3.78. The molecule has 2 rings (SSSR count). The van der Waals surface area contributed by atoms with Crippen LogP contribution in [0.3, 0.4) is 0 Å². The molecule has 1 nitrogen and oxygen atoms in total. The Kier molecular flexibility index (Phi) is 4.43. The second-order valence-electron chi connectivity index (χ2n) is 4.00. The molecule has 0 heterocycles. The van der Waals surface area contributed by atoms with Gasteiger partial charge in [-0.25, -0.2) is 0 Å². The normalized spacial score (nSPS) is 11.8. The molecule has 2 heteroatoms. The van der Waals surface area contributed by atoms with E-state index in [9.17, 15) is 0 Å². The zero-order valence-corrected chi connectivity index (χ0v) is 10.8. The van der Waals surface area contributed by atoms with E-state index in [4.69, 9.17) is 16.3 Å². The Morgan fingerprint density at radius 2 is 1.89 bits per heavy atom. The molecule has 0 spiro atoms. The molecular weight excluding hydrogens is 244 g/mol. The van der Waals surface area contributed by atoms with Crippen LogP contribution in [-0.2, 0) is 0 Å². The topological polar surface area (TPSA) is 9.23 Å². The van der Waals surface area contributed by atoms with Gasteiger partial charge < -0.3 is 4.74 Å². The van der Waals surface area contributed by atoms with Gasteiger partial charge in [0.25, 0.3) is 0 Å². The maximum Gasteiger partial charge on any atom is 0.127 e. The summed E-state index contributed by atoms with van der Waals surface area (Å²) < 4.78 is 5.97. The van der Waals surface area contributed by atoms with Crippen LogP contribution in [0.15, 0.2) is 67.3 Å². The third kappa shape index (κ3) is 3.38. The minimum atomic E-state index is -0.0258. The number of rotatable bonds is 5. The summed E-state index contributed by atoms with van der Waals surface area (Å²) >= 11 is 5.95. The molecule has 1 atom stereocenters. The third-order valence-corrected chi connectivity index (χ3v) is 2.86. The molecule has 0 fully saturated rings. The Balaban J connectivity index is 2.19. The second-order valence-corrected chi connectivity index (χ2v) is 4.44. The molecule has 1 unspecified atom stereocenters. The SMILES string of the molecule is C=CCC(Oc1cccc(Cl)c1)c1ccccc1. The van der Waals surface area contributed by atoms with Crippen molar-refractivity contribution in [3.05, 3.63) is 77.8 Å². The number of ether oxygens (including phenoxy) is 1. The predicted octanol–water partition coefficient (Wildman–Crippen LogP) is 5.04. The third-order valence-electron chi connectivity index (χ3n) is 2.63. The van der Waals surface area contributed by atoms with Crippen LogP contribution in [0.25, 0.3) is 0 Å². The molecule has 0 saturated heterocycles. The van der Waals surface area contributed by atoms with Gasteiger partial charge in [-0.2, -0.15) is 0 Å². The predicted molar refractivity (Wildman–Crippen MR) is 76.1 cm³/mol. The van der Waals surface area contributed by atoms with Gasteiger partial charge in [0.1, 0.15) is 11.9 Å². The molecular formula is C16H15ClO. The zero-order chi connectivity index (χ0) is 12.8.